The molecule has 0 aliphatic rings. The number of hydrogen-bond donors (Lipinski definition) is 3. The van der Waals surface area contributed by atoms with Crippen molar-refractivity contribution in [2.75, 3.05) is 10.6 Å². The molecular formula is C23H22FN5O. The summed E-state index contributed by atoms with van der Waals surface area (Å²) in [5.41, 5.74) is 4.31. The van der Waals surface area contributed by atoms with Crippen LogP contribution in [0.3, 0.4) is 0 Å². The Kier molecular flexibility index (Phi) is 4.95. The second-order valence-corrected chi connectivity index (χ2v) is 8.07. The second-order valence-electron chi connectivity index (χ2n) is 8.07. The summed E-state index contributed by atoms with van der Waals surface area (Å²) >= 11 is 0. The Morgan fingerprint density at radius 2 is 1.77 bits per heavy atom. The number of nitrogens with one attached hydrogen (secondary N) is 3. The molecule has 7 heteroatoms. The molecule has 0 aliphatic heterocycles. The summed E-state index contributed by atoms with van der Waals surface area (Å²) in [5.74, 6) is -0.487. The fourth-order valence-corrected chi connectivity index (χ4v) is 3.13. The minimum Gasteiger partial charge on any atom is -0.308 e. The highest BCUT2D eigenvalue weighted by Crippen LogP contribution is 2.32. The number of H-pyrrole nitrogens is 1. The van der Waals surface area contributed by atoms with Crippen LogP contribution >= 0.6 is 0 Å². The summed E-state index contributed by atoms with van der Waals surface area (Å²) < 4.78 is 13.7. The topological polar surface area (TPSA) is 82.7 Å². The fourth-order valence-electron chi connectivity index (χ4n) is 3.13. The number of hydrogen-bond acceptors (Lipinski definition) is 3. The lowest BCUT2D eigenvalue weighted by Crippen LogP contribution is -2.20. The molecule has 0 aliphatic carbocycles. The van der Waals surface area contributed by atoms with Gasteiger partial charge in [0.2, 0.25) is 0 Å². The molecule has 30 heavy (non-hydrogen) atoms. The Labute approximate surface area is 173 Å². The van der Waals surface area contributed by atoms with Crippen molar-refractivity contribution in [3.63, 3.8) is 0 Å². The van der Waals surface area contributed by atoms with Crippen molar-refractivity contribution >= 4 is 28.4 Å². The predicted molar refractivity (Wildman–Crippen MR) is 117 cm³/mol. The standard InChI is InChI=1S/C23H22FN5O/c1-23(2,3)20-12-16(17-13-25-29-21(17)28-20)14-8-10-15(11-9-14)26-22(30)27-19-7-5-4-6-18(19)24/h4-13H,1-3H3,(H,25,28,29)(H2,26,27,30). The molecule has 6 nitrogen and oxygen atoms in total. The molecule has 2 aromatic carbocycles. The van der Waals surface area contributed by atoms with Crippen LogP contribution in [0, 0.1) is 5.82 Å². The minimum absolute atomic E-state index is 0.111. The molecule has 2 heterocycles. The average molecular weight is 403 g/mol. The van der Waals surface area contributed by atoms with E-state index in [-0.39, 0.29) is 11.1 Å². The van der Waals surface area contributed by atoms with E-state index in [2.05, 4.69) is 52.7 Å². The number of amides is 2. The summed E-state index contributed by atoms with van der Waals surface area (Å²) in [6.07, 6.45) is 1.76. The molecular weight excluding hydrogens is 381 g/mol. The van der Waals surface area contributed by atoms with Crippen molar-refractivity contribution in [2.24, 2.45) is 0 Å². The van der Waals surface area contributed by atoms with Gasteiger partial charge < -0.3 is 10.6 Å². The molecule has 0 radical (unpaired) electrons. The molecule has 2 amide bonds. The average Bonchev–Trinajstić information content (AvgIpc) is 3.18. The zero-order valence-corrected chi connectivity index (χ0v) is 17.0. The quantitative estimate of drug-likeness (QED) is 0.410. The smallest absolute Gasteiger partial charge is 0.308 e. The highest BCUT2D eigenvalue weighted by atomic mass is 19.1. The van der Waals surface area contributed by atoms with Crippen LogP contribution in [-0.4, -0.2) is 21.2 Å². The van der Waals surface area contributed by atoms with Crippen molar-refractivity contribution in [1.82, 2.24) is 15.2 Å². The van der Waals surface area contributed by atoms with Gasteiger partial charge in [-0.15, -0.1) is 0 Å². The van der Waals surface area contributed by atoms with Crippen LogP contribution < -0.4 is 10.6 Å². The number of aromatic amines is 1. The number of carbonyl (C=O) groups excluding carboxylic acids is 1. The third-order valence-electron chi connectivity index (χ3n) is 4.77. The van der Waals surface area contributed by atoms with Crippen LogP contribution in [0.5, 0.6) is 0 Å². The van der Waals surface area contributed by atoms with Gasteiger partial charge in [0.25, 0.3) is 0 Å². The molecule has 0 saturated heterocycles. The SMILES string of the molecule is CC(C)(C)c1cc(-c2ccc(NC(=O)Nc3ccccc3F)cc2)c2cn[nH]c2n1. The molecule has 0 spiro atoms. The monoisotopic (exact) mass is 403 g/mol. The van der Waals surface area contributed by atoms with Gasteiger partial charge in [0.05, 0.1) is 11.9 Å². The van der Waals surface area contributed by atoms with E-state index in [9.17, 15) is 9.18 Å². The number of halogens is 1. The molecule has 0 unspecified atom stereocenters. The Hall–Kier alpha value is -3.74. The largest absolute Gasteiger partial charge is 0.323 e. The highest BCUT2D eigenvalue weighted by molar-refractivity contribution is 6.00. The second kappa shape index (κ2) is 7.59. The van der Waals surface area contributed by atoms with Crippen LogP contribution in [0.4, 0.5) is 20.6 Å². The van der Waals surface area contributed by atoms with Gasteiger partial charge in [-0.1, -0.05) is 45.0 Å². The molecule has 152 valence electrons. The minimum atomic E-state index is -0.510. The number of anilines is 2. The number of rotatable bonds is 3. The van der Waals surface area contributed by atoms with Gasteiger partial charge in [-0.3, -0.25) is 5.10 Å². The number of carbonyl (C=O) groups is 1. The molecule has 2 aromatic heterocycles. The predicted octanol–water partition coefficient (Wildman–Crippen LogP) is 5.71. The van der Waals surface area contributed by atoms with Crippen LogP contribution in [0.25, 0.3) is 22.2 Å². The van der Waals surface area contributed by atoms with Crippen molar-refractivity contribution in [3.8, 4) is 11.1 Å². The van der Waals surface area contributed by atoms with Gasteiger partial charge in [-0.05, 0) is 41.5 Å². The van der Waals surface area contributed by atoms with Crippen LogP contribution in [0.15, 0.2) is 60.8 Å². The van der Waals surface area contributed by atoms with E-state index < -0.39 is 11.8 Å². The summed E-state index contributed by atoms with van der Waals surface area (Å²) in [7, 11) is 0. The normalized spacial score (nSPS) is 11.5. The number of benzene rings is 2. The van der Waals surface area contributed by atoms with Gasteiger partial charge in [0, 0.05) is 22.2 Å². The lowest BCUT2D eigenvalue weighted by atomic mass is 9.89. The van der Waals surface area contributed by atoms with E-state index >= 15 is 0 Å². The van der Waals surface area contributed by atoms with Crippen LogP contribution in [-0.2, 0) is 5.41 Å². The summed E-state index contributed by atoms with van der Waals surface area (Å²) in [4.78, 5) is 16.9. The molecule has 4 rings (SSSR count). The first-order chi connectivity index (χ1) is 14.3. The molecule has 0 saturated carbocycles. The number of aromatic nitrogens is 3. The third kappa shape index (κ3) is 4.00. The Morgan fingerprint density at radius 3 is 2.47 bits per heavy atom. The first-order valence-corrected chi connectivity index (χ1v) is 9.59. The van der Waals surface area contributed by atoms with E-state index in [4.69, 9.17) is 0 Å². The number of para-hydroxylation sites is 1. The Balaban J connectivity index is 1.57. The van der Waals surface area contributed by atoms with E-state index in [0.717, 1.165) is 27.9 Å². The van der Waals surface area contributed by atoms with Gasteiger partial charge in [0.1, 0.15) is 5.82 Å². The van der Waals surface area contributed by atoms with Gasteiger partial charge in [0.15, 0.2) is 5.65 Å². The van der Waals surface area contributed by atoms with Gasteiger partial charge >= 0.3 is 6.03 Å². The molecule has 3 N–H and O–H groups in total. The van der Waals surface area contributed by atoms with E-state index in [0.29, 0.717) is 5.69 Å². The maximum atomic E-state index is 13.7. The highest BCUT2D eigenvalue weighted by Gasteiger charge is 2.19. The van der Waals surface area contributed by atoms with Crippen molar-refractivity contribution < 1.29 is 9.18 Å². The zero-order chi connectivity index (χ0) is 21.3. The number of nitrogens with zero attached hydrogens (tertiary/aromatic N) is 2. The number of fused-ring (bicyclic) bond motifs is 1. The summed E-state index contributed by atoms with van der Waals surface area (Å²) in [6, 6.07) is 15.0. The third-order valence-corrected chi connectivity index (χ3v) is 4.77. The van der Waals surface area contributed by atoms with E-state index in [1.54, 1.807) is 30.5 Å². The summed E-state index contributed by atoms with van der Waals surface area (Å²) in [5, 5.41) is 13.2. The van der Waals surface area contributed by atoms with Crippen molar-refractivity contribution in [2.45, 2.75) is 26.2 Å². The van der Waals surface area contributed by atoms with Gasteiger partial charge in [-0.25, -0.2) is 14.2 Å². The van der Waals surface area contributed by atoms with Gasteiger partial charge in [-0.2, -0.15) is 5.10 Å². The lowest BCUT2D eigenvalue weighted by Gasteiger charge is -2.19. The van der Waals surface area contributed by atoms with Crippen LogP contribution in [0.1, 0.15) is 26.5 Å². The Morgan fingerprint density at radius 1 is 1.03 bits per heavy atom. The maximum absolute atomic E-state index is 13.7. The maximum Gasteiger partial charge on any atom is 0.323 e. The lowest BCUT2D eigenvalue weighted by molar-refractivity contribution is 0.262. The molecule has 0 fully saturated rings. The van der Waals surface area contributed by atoms with E-state index in [1.807, 2.05) is 12.1 Å². The van der Waals surface area contributed by atoms with E-state index in [1.165, 1.54) is 12.1 Å². The van der Waals surface area contributed by atoms with Crippen LogP contribution in [0.2, 0.25) is 0 Å². The first kappa shape index (κ1) is 19.6. The number of urea groups is 1. The van der Waals surface area contributed by atoms with Crippen molar-refractivity contribution in [3.05, 3.63) is 72.3 Å². The van der Waals surface area contributed by atoms with Crippen molar-refractivity contribution in [1.29, 1.82) is 0 Å². The number of pyridine rings is 1. The molecule has 0 bridgehead atoms. The zero-order valence-electron chi connectivity index (χ0n) is 17.0. The Bertz CT molecular complexity index is 1210. The molecule has 4 aromatic rings. The summed E-state index contributed by atoms with van der Waals surface area (Å²) in [6.45, 7) is 6.34. The fraction of sp³-hybridized carbons (Fsp3) is 0.174. The molecule has 0 atom stereocenters. The first-order valence-electron chi connectivity index (χ1n) is 9.59.